The smallest absolute Gasteiger partial charge is 0.361 e. The van der Waals surface area contributed by atoms with Crippen LogP contribution < -0.4 is 4.90 Å². The molecular weight excluding hydrogens is 590 g/mol. The summed E-state index contributed by atoms with van der Waals surface area (Å²) in [4.78, 5) is 15.5. The van der Waals surface area contributed by atoms with Crippen LogP contribution in [0.5, 0.6) is 0 Å². The molecule has 1 atom stereocenters. The minimum atomic E-state index is -4.86. The van der Waals surface area contributed by atoms with Crippen LogP contribution in [0, 0.1) is 0 Å². The monoisotopic (exact) mass is 615 g/mol. The molecule has 4 rings (SSSR count). The van der Waals surface area contributed by atoms with Crippen molar-refractivity contribution < 1.29 is 18.0 Å². The Bertz CT molecular complexity index is 1300. The number of halogens is 6. The fraction of sp³-hybridized carbons (Fsp3) is 0.321. The summed E-state index contributed by atoms with van der Waals surface area (Å²) >= 11 is 20.4. The number of rotatable bonds is 6. The van der Waals surface area contributed by atoms with Crippen LogP contribution in [0.3, 0.4) is 0 Å². The topological polar surface area (TPSA) is 26.8 Å². The highest BCUT2D eigenvalue weighted by Gasteiger charge is 2.43. The molecule has 0 bridgehead atoms. The fourth-order valence-corrected chi connectivity index (χ4v) is 6.21. The molecule has 0 N–H and O–H groups in total. The number of hydrogen-bond donors (Lipinski definition) is 0. The summed E-state index contributed by atoms with van der Waals surface area (Å²) in [5.41, 5.74) is 3.66. The summed E-state index contributed by atoms with van der Waals surface area (Å²) < 4.78 is 40.6. The van der Waals surface area contributed by atoms with E-state index in [2.05, 4.69) is 15.8 Å². The molecule has 2 aromatic rings. The predicted octanol–water partition coefficient (Wildman–Crippen LogP) is 8.34. The van der Waals surface area contributed by atoms with Crippen molar-refractivity contribution in [2.24, 2.45) is 0 Å². The van der Waals surface area contributed by atoms with Gasteiger partial charge in [-0.15, -0.1) is 0 Å². The maximum absolute atomic E-state index is 12.8. The van der Waals surface area contributed by atoms with E-state index in [4.69, 9.17) is 34.8 Å². The molecule has 1 fully saturated rings. The first-order valence-corrected chi connectivity index (χ1v) is 14.1. The average molecular weight is 617 g/mol. The molecule has 2 heterocycles. The Morgan fingerprint density at radius 1 is 1.05 bits per heavy atom. The van der Waals surface area contributed by atoms with E-state index in [1.54, 1.807) is 13.0 Å². The average Bonchev–Trinajstić information content (AvgIpc) is 2.88. The maximum Gasteiger partial charge on any atom is 0.471 e. The summed E-state index contributed by atoms with van der Waals surface area (Å²) in [6.07, 6.45) is -0.725. The summed E-state index contributed by atoms with van der Waals surface area (Å²) in [6, 6.07) is 13.3. The second-order valence-electron chi connectivity index (χ2n) is 9.42. The zero-order valence-corrected chi connectivity index (χ0v) is 24.2. The molecule has 2 aromatic carbocycles. The van der Waals surface area contributed by atoms with Crippen molar-refractivity contribution in [3.63, 3.8) is 0 Å². The Labute approximate surface area is 245 Å². The Kier molecular flexibility index (Phi) is 9.65. The molecule has 1 unspecified atom stereocenters. The number of hydrogen-bond acceptors (Lipinski definition) is 4. The summed E-state index contributed by atoms with van der Waals surface area (Å²) in [5.74, 6) is -1.79. The van der Waals surface area contributed by atoms with Crippen molar-refractivity contribution in [3.05, 3.63) is 97.9 Å². The molecule has 208 valence electrons. The van der Waals surface area contributed by atoms with Gasteiger partial charge in [0.25, 0.3) is 0 Å². The molecule has 39 heavy (non-hydrogen) atoms. The lowest BCUT2D eigenvalue weighted by Gasteiger charge is -2.43. The largest absolute Gasteiger partial charge is 0.471 e. The minimum absolute atomic E-state index is 0.000535. The molecule has 0 aliphatic carbocycles. The van der Waals surface area contributed by atoms with Crippen LogP contribution in [0.4, 0.5) is 18.9 Å². The van der Waals surface area contributed by atoms with Crippen LogP contribution in [0.2, 0.25) is 15.1 Å². The Balaban J connectivity index is 1.44. The number of nitrogens with zero attached hydrogens (tertiary/aromatic N) is 3. The normalized spacial score (nSPS) is 19.2. The lowest BCUT2D eigenvalue weighted by molar-refractivity contribution is -0.185. The molecule has 11 heteroatoms. The fourth-order valence-electron chi connectivity index (χ4n) is 4.72. The van der Waals surface area contributed by atoms with Gasteiger partial charge in [-0.05, 0) is 72.8 Å². The highest BCUT2D eigenvalue weighted by Crippen LogP contribution is 2.39. The standard InChI is InChI=1S/C28H27Cl3F3N3OS/c1-18-16-35(27(38)28(32,33)34)12-11-20(18)4-3-19(2)39-36-13-14-37(25-10-9-23(30)15-24(25)31)26(17-36)21-5-7-22(29)8-6-21/h3-10,15,26H,2,11-14,16-17H2,1H3/b4-3-. The summed E-state index contributed by atoms with van der Waals surface area (Å²) in [6.45, 7) is 8.08. The molecule has 1 saturated heterocycles. The van der Waals surface area contributed by atoms with Gasteiger partial charge in [0.2, 0.25) is 0 Å². The van der Waals surface area contributed by atoms with Crippen LogP contribution in [-0.2, 0) is 4.79 Å². The lowest BCUT2D eigenvalue weighted by Crippen LogP contribution is -2.46. The Morgan fingerprint density at radius 3 is 2.38 bits per heavy atom. The highest BCUT2D eigenvalue weighted by molar-refractivity contribution is 8.01. The minimum Gasteiger partial charge on any atom is -0.361 e. The van der Waals surface area contributed by atoms with Crippen molar-refractivity contribution in [2.45, 2.75) is 25.6 Å². The van der Waals surface area contributed by atoms with E-state index in [-0.39, 0.29) is 19.1 Å². The van der Waals surface area contributed by atoms with E-state index in [0.717, 1.165) is 38.7 Å². The number of carbonyl (C=O) groups excluding carboxylic acids is 1. The molecule has 0 aromatic heterocycles. The van der Waals surface area contributed by atoms with E-state index in [0.29, 0.717) is 34.6 Å². The van der Waals surface area contributed by atoms with Gasteiger partial charge < -0.3 is 9.80 Å². The van der Waals surface area contributed by atoms with Crippen LogP contribution in [0.15, 0.2) is 77.2 Å². The van der Waals surface area contributed by atoms with E-state index >= 15 is 0 Å². The van der Waals surface area contributed by atoms with E-state index in [1.165, 1.54) is 11.9 Å². The summed E-state index contributed by atoms with van der Waals surface area (Å²) in [7, 11) is 0. The van der Waals surface area contributed by atoms with Gasteiger partial charge >= 0.3 is 12.1 Å². The molecule has 2 aliphatic heterocycles. The van der Waals surface area contributed by atoms with Crippen LogP contribution in [-0.4, -0.2) is 54.0 Å². The van der Waals surface area contributed by atoms with Crippen molar-refractivity contribution in [1.82, 2.24) is 9.21 Å². The maximum atomic E-state index is 12.8. The van der Waals surface area contributed by atoms with E-state index < -0.39 is 12.1 Å². The lowest BCUT2D eigenvalue weighted by atomic mass is 10.0. The first-order chi connectivity index (χ1) is 18.4. The number of carbonyl (C=O) groups is 1. The third-order valence-electron chi connectivity index (χ3n) is 6.69. The number of amides is 1. The number of piperazine rings is 1. The first-order valence-electron chi connectivity index (χ1n) is 12.2. The van der Waals surface area contributed by atoms with Crippen LogP contribution in [0.1, 0.15) is 24.9 Å². The first kappa shape index (κ1) is 29.9. The van der Waals surface area contributed by atoms with Crippen LogP contribution in [0.25, 0.3) is 0 Å². The quantitative estimate of drug-likeness (QED) is 0.241. The number of allylic oxidation sites excluding steroid dienone is 2. The van der Waals surface area contributed by atoms with Gasteiger partial charge in [-0.1, -0.05) is 65.2 Å². The summed E-state index contributed by atoms with van der Waals surface area (Å²) in [5, 5.41) is 1.82. The molecular formula is C28H27Cl3F3N3OS. The molecule has 4 nitrogen and oxygen atoms in total. The zero-order chi connectivity index (χ0) is 28.3. The van der Waals surface area contributed by atoms with Gasteiger partial charge in [0.05, 0.1) is 16.8 Å². The Morgan fingerprint density at radius 2 is 1.74 bits per heavy atom. The molecule has 0 saturated carbocycles. The predicted molar refractivity (Wildman–Crippen MR) is 155 cm³/mol. The highest BCUT2D eigenvalue weighted by atomic mass is 35.5. The zero-order valence-electron chi connectivity index (χ0n) is 21.1. The van der Waals surface area contributed by atoms with Gasteiger partial charge in [-0.3, -0.25) is 4.79 Å². The number of benzene rings is 2. The van der Waals surface area contributed by atoms with E-state index in [9.17, 15) is 18.0 Å². The molecule has 2 aliphatic rings. The van der Waals surface area contributed by atoms with E-state index in [1.807, 2.05) is 48.6 Å². The molecule has 0 spiro atoms. The van der Waals surface area contributed by atoms with Gasteiger partial charge in [0.1, 0.15) is 0 Å². The molecule has 1 amide bonds. The third-order valence-corrected chi connectivity index (χ3v) is 8.44. The number of alkyl halides is 3. The van der Waals surface area contributed by atoms with Gasteiger partial charge in [-0.2, -0.15) is 13.2 Å². The van der Waals surface area contributed by atoms with Gasteiger partial charge in [0, 0.05) is 47.7 Å². The van der Waals surface area contributed by atoms with Crippen molar-refractivity contribution in [1.29, 1.82) is 0 Å². The number of anilines is 1. The molecule has 0 radical (unpaired) electrons. The van der Waals surface area contributed by atoms with Crippen molar-refractivity contribution in [2.75, 3.05) is 37.6 Å². The van der Waals surface area contributed by atoms with Crippen molar-refractivity contribution in [3.8, 4) is 0 Å². The van der Waals surface area contributed by atoms with Crippen LogP contribution >= 0.6 is 46.8 Å². The van der Waals surface area contributed by atoms with Gasteiger partial charge in [-0.25, -0.2) is 4.31 Å². The van der Waals surface area contributed by atoms with Crippen molar-refractivity contribution >= 4 is 58.3 Å². The van der Waals surface area contributed by atoms with Gasteiger partial charge in [0.15, 0.2) is 0 Å². The SMILES string of the molecule is C=C(/C=C\C1=C(C)CN(C(=O)C(F)(F)F)CC1)SN1CCN(c2ccc(Cl)cc2Cl)C(c2ccc(Cl)cc2)C1. The Hall–Kier alpha value is -2.10. The third kappa shape index (κ3) is 7.55. The second-order valence-corrected chi connectivity index (χ2v) is 11.9. The second kappa shape index (κ2) is 12.6.